The number of piperidine rings is 1. The van der Waals surface area contributed by atoms with Crippen LogP contribution in [0.1, 0.15) is 53.9 Å². The van der Waals surface area contributed by atoms with Crippen LogP contribution in [-0.4, -0.2) is 47.7 Å². The fraction of sp³-hybridized carbons (Fsp3) is 0.440. The molecule has 1 saturated carbocycles. The molecule has 1 N–H and O–H groups in total. The van der Waals surface area contributed by atoms with E-state index < -0.39 is 5.97 Å². The second-order valence-electron chi connectivity index (χ2n) is 9.07. The van der Waals surface area contributed by atoms with E-state index in [0.29, 0.717) is 23.0 Å². The van der Waals surface area contributed by atoms with Crippen molar-refractivity contribution in [1.29, 1.82) is 0 Å². The Hall–Kier alpha value is -2.37. The molecule has 1 amide bonds. The third-order valence-electron chi connectivity index (χ3n) is 7.30. The van der Waals surface area contributed by atoms with Crippen molar-refractivity contribution in [1.82, 2.24) is 4.90 Å². The summed E-state index contributed by atoms with van der Waals surface area (Å²) in [4.78, 5) is 25.7. The van der Waals surface area contributed by atoms with Gasteiger partial charge in [-0.3, -0.25) is 4.79 Å². The van der Waals surface area contributed by atoms with E-state index in [1.54, 1.807) is 24.3 Å². The Kier molecular flexibility index (Phi) is 5.27. The Morgan fingerprint density at radius 3 is 2.45 bits per heavy atom. The van der Waals surface area contributed by atoms with E-state index in [4.69, 9.17) is 21.4 Å². The molecule has 2 aromatic rings. The number of carboxylic acids is 1. The Balaban J connectivity index is 1.25. The predicted molar refractivity (Wildman–Crippen MR) is 118 cm³/mol. The van der Waals surface area contributed by atoms with Gasteiger partial charge in [-0.05, 0) is 72.8 Å². The van der Waals surface area contributed by atoms with Gasteiger partial charge in [0.1, 0.15) is 6.10 Å². The summed E-state index contributed by atoms with van der Waals surface area (Å²) in [7, 11) is 0. The van der Waals surface area contributed by atoms with E-state index in [1.165, 1.54) is 5.56 Å². The molecule has 6 heteroatoms. The number of rotatable bonds is 4. The number of carboxylic acid groups (broad SMARTS) is 1. The average molecular weight is 440 g/mol. The number of hydrogen-bond acceptors (Lipinski definition) is 3. The van der Waals surface area contributed by atoms with E-state index in [-0.39, 0.29) is 17.6 Å². The standard InChI is InChI=1S/C25H26ClNO4/c26-21-14-18(7-8-19(21)16-3-5-17(6-4-16)24(29)30)20-15-25(20)9-11-27(12-10-25)23(28)22-2-1-13-31-22/h3-8,14,20,22H,1-2,9-13,15H2,(H,29,30)/t20-,22+/m0/s1. The minimum Gasteiger partial charge on any atom is -0.478 e. The fourth-order valence-electron chi connectivity index (χ4n) is 5.29. The minimum absolute atomic E-state index is 0.172. The van der Waals surface area contributed by atoms with Crippen molar-refractivity contribution in [2.75, 3.05) is 19.7 Å². The predicted octanol–water partition coefficient (Wildman–Crippen LogP) is 4.98. The number of carbonyl (C=O) groups is 2. The lowest BCUT2D eigenvalue weighted by Crippen LogP contribution is -2.44. The molecule has 0 aromatic heterocycles. The molecule has 2 saturated heterocycles. The van der Waals surface area contributed by atoms with Gasteiger partial charge in [0.2, 0.25) is 0 Å². The van der Waals surface area contributed by atoms with Crippen LogP contribution in [0.3, 0.4) is 0 Å². The van der Waals surface area contributed by atoms with Crippen molar-refractivity contribution in [2.24, 2.45) is 5.41 Å². The van der Waals surface area contributed by atoms with Gasteiger partial charge in [-0.2, -0.15) is 0 Å². The van der Waals surface area contributed by atoms with E-state index in [1.807, 2.05) is 11.0 Å². The van der Waals surface area contributed by atoms with Gasteiger partial charge in [-0.1, -0.05) is 35.9 Å². The maximum absolute atomic E-state index is 12.6. The van der Waals surface area contributed by atoms with Crippen LogP contribution in [0.25, 0.3) is 11.1 Å². The smallest absolute Gasteiger partial charge is 0.335 e. The highest BCUT2D eigenvalue weighted by atomic mass is 35.5. The summed E-state index contributed by atoms with van der Waals surface area (Å²) in [5.41, 5.74) is 3.64. The molecule has 3 aliphatic rings. The maximum Gasteiger partial charge on any atom is 0.335 e. The van der Waals surface area contributed by atoms with Crippen LogP contribution in [0.5, 0.6) is 0 Å². The van der Waals surface area contributed by atoms with Gasteiger partial charge in [-0.15, -0.1) is 0 Å². The number of amides is 1. The molecule has 1 aliphatic carbocycles. The van der Waals surface area contributed by atoms with Crippen LogP contribution in [0.15, 0.2) is 42.5 Å². The number of likely N-dealkylation sites (tertiary alicyclic amines) is 1. The molecule has 31 heavy (non-hydrogen) atoms. The topological polar surface area (TPSA) is 66.8 Å². The first-order valence-electron chi connectivity index (χ1n) is 11.0. The van der Waals surface area contributed by atoms with Crippen LogP contribution < -0.4 is 0 Å². The molecule has 0 radical (unpaired) electrons. The highest BCUT2D eigenvalue weighted by molar-refractivity contribution is 6.33. The summed E-state index contributed by atoms with van der Waals surface area (Å²) >= 11 is 6.62. The van der Waals surface area contributed by atoms with Gasteiger partial charge < -0.3 is 14.7 Å². The van der Waals surface area contributed by atoms with Gasteiger partial charge in [0.25, 0.3) is 5.91 Å². The largest absolute Gasteiger partial charge is 0.478 e. The molecule has 0 bridgehead atoms. The second kappa shape index (κ2) is 7.95. The SMILES string of the molecule is O=C(O)c1ccc(-c2ccc([C@@H]3CC34CCN(C(=O)[C@H]3CCCO3)CC4)cc2Cl)cc1. The summed E-state index contributed by atoms with van der Waals surface area (Å²) in [6.45, 7) is 2.34. The fourth-order valence-corrected chi connectivity index (χ4v) is 5.59. The zero-order chi connectivity index (χ0) is 21.6. The molecular formula is C25H26ClNO4. The number of ether oxygens (including phenoxy) is 1. The molecule has 162 valence electrons. The average Bonchev–Trinajstić information content (AvgIpc) is 3.20. The summed E-state index contributed by atoms with van der Waals surface area (Å²) in [5, 5.41) is 9.76. The molecule has 1 spiro atoms. The molecule has 5 nitrogen and oxygen atoms in total. The van der Waals surface area contributed by atoms with Crippen molar-refractivity contribution in [3.8, 4) is 11.1 Å². The van der Waals surface area contributed by atoms with Crippen molar-refractivity contribution >= 4 is 23.5 Å². The van der Waals surface area contributed by atoms with Crippen LogP contribution >= 0.6 is 11.6 Å². The van der Waals surface area contributed by atoms with Gasteiger partial charge in [0, 0.05) is 30.3 Å². The third-order valence-corrected chi connectivity index (χ3v) is 7.62. The quantitative estimate of drug-likeness (QED) is 0.729. The van der Waals surface area contributed by atoms with Gasteiger partial charge in [0.05, 0.1) is 5.56 Å². The van der Waals surface area contributed by atoms with Crippen molar-refractivity contribution in [3.05, 3.63) is 58.6 Å². The first kappa shape index (κ1) is 20.5. The summed E-state index contributed by atoms with van der Waals surface area (Å²) in [5.74, 6) is -0.269. The Morgan fingerprint density at radius 2 is 1.84 bits per heavy atom. The number of benzene rings is 2. The third kappa shape index (κ3) is 3.85. The zero-order valence-corrected chi connectivity index (χ0v) is 18.1. The maximum atomic E-state index is 12.6. The summed E-state index contributed by atoms with van der Waals surface area (Å²) in [6, 6.07) is 13.0. The number of carbonyl (C=O) groups excluding carboxylic acids is 1. The number of halogens is 1. The van der Waals surface area contributed by atoms with E-state index in [2.05, 4.69) is 12.1 Å². The van der Waals surface area contributed by atoms with E-state index in [9.17, 15) is 9.59 Å². The molecule has 5 rings (SSSR count). The van der Waals surface area contributed by atoms with Crippen LogP contribution in [0, 0.1) is 5.41 Å². The number of nitrogens with zero attached hydrogens (tertiary/aromatic N) is 1. The van der Waals surface area contributed by atoms with Gasteiger partial charge >= 0.3 is 5.97 Å². The van der Waals surface area contributed by atoms with Crippen LogP contribution in [-0.2, 0) is 9.53 Å². The van der Waals surface area contributed by atoms with Crippen LogP contribution in [0.2, 0.25) is 5.02 Å². The first-order chi connectivity index (χ1) is 15.0. The first-order valence-corrected chi connectivity index (χ1v) is 11.4. The highest BCUT2D eigenvalue weighted by Gasteiger charge is 2.55. The molecule has 0 unspecified atom stereocenters. The molecule has 2 aliphatic heterocycles. The van der Waals surface area contributed by atoms with Crippen molar-refractivity contribution in [2.45, 2.75) is 44.1 Å². The number of hydrogen-bond donors (Lipinski definition) is 1. The molecule has 2 aromatic carbocycles. The highest BCUT2D eigenvalue weighted by Crippen LogP contribution is 2.65. The van der Waals surface area contributed by atoms with Crippen LogP contribution in [0.4, 0.5) is 0 Å². The minimum atomic E-state index is -0.935. The molecular weight excluding hydrogens is 414 g/mol. The Bertz CT molecular complexity index is 1000. The van der Waals surface area contributed by atoms with E-state index in [0.717, 1.165) is 56.3 Å². The normalized spacial score (nSPS) is 24.4. The summed E-state index contributed by atoms with van der Waals surface area (Å²) in [6.07, 6.45) is 4.83. The second-order valence-corrected chi connectivity index (χ2v) is 9.48. The Morgan fingerprint density at radius 1 is 1.10 bits per heavy atom. The molecule has 3 fully saturated rings. The number of aromatic carboxylic acids is 1. The lowest BCUT2D eigenvalue weighted by molar-refractivity contribution is -0.142. The summed E-state index contributed by atoms with van der Waals surface area (Å²) < 4.78 is 5.57. The van der Waals surface area contributed by atoms with Gasteiger partial charge in [-0.25, -0.2) is 4.79 Å². The van der Waals surface area contributed by atoms with Gasteiger partial charge in [0.15, 0.2) is 0 Å². The Labute approximate surface area is 187 Å². The molecule has 2 heterocycles. The monoisotopic (exact) mass is 439 g/mol. The zero-order valence-electron chi connectivity index (χ0n) is 17.4. The lowest BCUT2D eigenvalue weighted by atomic mass is 9.88. The van der Waals surface area contributed by atoms with Crippen molar-refractivity contribution in [3.63, 3.8) is 0 Å². The lowest BCUT2D eigenvalue weighted by Gasteiger charge is -2.34. The molecule has 2 atom stereocenters. The van der Waals surface area contributed by atoms with Crippen molar-refractivity contribution < 1.29 is 19.4 Å². The van der Waals surface area contributed by atoms with E-state index >= 15 is 0 Å².